The van der Waals surface area contributed by atoms with Crippen LogP contribution in [0.15, 0.2) is 32.3 Å². The van der Waals surface area contributed by atoms with Gasteiger partial charge in [-0.25, -0.2) is 13.2 Å². The van der Waals surface area contributed by atoms with E-state index in [0.717, 1.165) is 13.1 Å². The summed E-state index contributed by atoms with van der Waals surface area (Å²) in [6, 6.07) is 5.02. The average molecular weight is 436 g/mol. The van der Waals surface area contributed by atoms with Gasteiger partial charge in [-0.3, -0.25) is 14.3 Å². The highest BCUT2D eigenvalue weighted by molar-refractivity contribution is 7.91. The number of benzene rings is 1. The topological polar surface area (TPSA) is 92.8 Å². The molecule has 1 aromatic carbocycles. The Labute approximate surface area is 176 Å². The first-order valence-electron chi connectivity index (χ1n) is 10.7. The summed E-state index contributed by atoms with van der Waals surface area (Å²) in [6.45, 7) is 3.06. The van der Waals surface area contributed by atoms with Crippen molar-refractivity contribution in [1.82, 2.24) is 14.4 Å². The van der Waals surface area contributed by atoms with Gasteiger partial charge in [-0.15, -0.1) is 0 Å². The van der Waals surface area contributed by atoms with Crippen molar-refractivity contribution in [1.29, 1.82) is 0 Å². The average Bonchev–Trinajstić information content (AvgIpc) is 3.06. The van der Waals surface area contributed by atoms with Crippen LogP contribution in [-0.4, -0.2) is 66.7 Å². The van der Waals surface area contributed by atoms with E-state index in [4.69, 9.17) is 4.42 Å². The number of sulfone groups is 1. The van der Waals surface area contributed by atoms with Crippen LogP contribution in [0.5, 0.6) is 0 Å². The number of amides is 1. The number of carbonyl (C=O) groups excluding carboxylic acids is 1. The monoisotopic (exact) mass is 435 g/mol. The number of rotatable bonds is 5. The minimum atomic E-state index is -3.65. The summed E-state index contributed by atoms with van der Waals surface area (Å²) < 4.78 is 31.8. The zero-order valence-corrected chi connectivity index (χ0v) is 18.2. The molecular formula is C21H29N3O5S. The number of fused-ring (bicyclic) bond motifs is 1. The summed E-state index contributed by atoms with van der Waals surface area (Å²) in [5.74, 6) is -0.909. The smallest absolute Gasteiger partial charge is 0.408 e. The third-order valence-electron chi connectivity index (χ3n) is 6.47. The quantitative estimate of drug-likeness (QED) is 0.711. The van der Waals surface area contributed by atoms with E-state index in [0.29, 0.717) is 24.6 Å². The second-order valence-electron chi connectivity index (χ2n) is 8.33. The first kappa shape index (κ1) is 21.1. The Morgan fingerprint density at radius 1 is 1.10 bits per heavy atom. The summed E-state index contributed by atoms with van der Waals surface area (Å²) in [7, 11) is -2.08. The zero-order chi connectivity index (χ0) is 21.3. The molecule has 9 heteroatoms. The molecule has 8 nitrogen and oxygen atoms in total. The van der Waals surface area contributed by atoms with E-state index in [-0.39, 0.29) is 28.6 Å². The molecule has 0 radical (unpaired) electrons. The fourth-order valence-corrected chi connectivity index (χ4v) is 5.83. The molecule has 0 spiro atoms. The van der Waals surface area contributed by atoms with Crippen molar-refractivity contribution < 1.29 is 17.6 Å². The molecule has 2 aromatic rings. The molecular weight excluding hydrogens is 406 g/mol. The Balaban J connectivity index is 1.33. The maximum atomic E-state index is 12.7. The Bertz CT molecular complexity index is 1070. The van der Waals surface area contributed by atoms with E-state index in [1.807, 2.05) is 0 Å². The number of oxazole rings is 1. The van der Waals surface area contributed by atoms with Crippen LogP contribution in [-0.2, 0) is 21.7 Å². The summed E-state index contributed by atoms with van der Waals surface area (Å²) in [5, 5.41) is 0. The Morgan fingerprint density at radius 2 is 1.80 bits per heavy atom. The molecule has 0 bridgehead atoms. The van der Waals surface area contributed by atoms with Gasteiger partial charge in [0.1, 0.15) is 0 Å². The number of hydrogen-bond acceptors (Lipinski definition) is 6. The second-order valence-corrected chi connectivity index (χ2v) is 10.4. The third-order valence-corrected chi connectivity index (χ3v) is 8.18. The Morgan fingerprint density at radius 3 is 2.50 bits per heavy atom. The molecule has 0 unspecified atom stereocenters. The van der Waals surface area contributed by atoms with Crippen LogP contribution in [0.2, 0.25) is 0 Å². The normalized spacial score (nSPS) is 19.4. The van der Waals surface area contributed by atoms with Gasteiger partial charge in [0, 0.05) is 51.8 Å². The highest BCUT2D eigenvalue weighted by Crippen LogP contribution is 2.24. The molecule has 4 rings (SSSR count). The van der Waals surface area contributed by atoms with Crippen molar-refractivity contribution >= 4 is 26.8 Å². The summed E-state index contributed by atoms with van der Waals surface area (Å²) in [4.78, 5) is 28.5. The minimum absolute atomic E-state index is 0.0391. The number of aryl methyl sites for hydroxylation is 1. The minimum Gasteiger partial charge on any atom is -0.408 e. The van der Waals surface area contributed by atoms with Gasteiger partial charge in [0.25, 0.3) is 0 Å². The van der Waals surface area contributed by atoms with Crippen LogP contribution in [0.3, 0.4) is 0 Å². The van der Waals surface area contributed by atoms with E-state index in [1.165, 1.54) is 48.8 Å². The molecule has 1 aliphatic carbocycles. The first-order valence-corrected chi connectivity index (χ1v) is 12.3. The van der Waals surface area contributed by atoms with Crippen molar-refractivity contribution in [2.24, 2.45) is 7.05 Å². The van der Waals surface area contributed by atoms with Gasteiger partial charge in [0.05, 0.1) is 16.2 Å². The zero-order valence-electron chi connectivity index (χ0n) is 17.4. The molecule has 1 aliphatic heterocycles. The highest BCUT2D eigenvalue weighted by atomic mass is 32.2. The second kappa shape index (κ2) is 8.55. The lowest BCUT2D eigenvalue weighted by atomic mass is 9.94. The number of piperazine rings is 1. The van der Waals surface area contributed by atoms with E-state index in [1.54, 1.807) is 18.0 Å². The van der Waals surface area contributed by atoms with Crippen LogP contribution >= 0.6 is 0 Å². The molecule has 1 amide bonds. The van der Waals surface area contributed by atoms with Gasteiger partial charge in [0.2, 0.25) is 5.91 Å². The lowest BCUT2D eigenvalue weighted by molar-refractivity contribution is -0.132. The van der Waals surface area contributed by atoms with Crippen LogP contribution in [0.25, 0.3) is 11.1 Å². The number of carbonyl (C=O) groups is 1. The van der Waals surface area contributed by atoms with Crippen LogP contribution < -0.4 is 5.76 Å². The summed E-state index contributed by atoms with van der Waals surface area (Å²) in [5.41, 5.74) is 0.764. The molecule has 1 aromatic heterocycles. The molecule has 0 atom stereocenters. The fourth-order valence-electron chi connectivity index (χ4n) is 4.59. The molecule has 0 N–H and O–H groups in total. The van der Waals surface area contributed by atoms with Crippen LogP contribution in [0.4, 0.5) is 0 Å². The van der Waals surface area contributed by atoms with Gasteiger partial charge in [0.15, 0.2) is 15.4 Å². The van der Waals surface area contributed by atoms with Gasteiger partial charge in [-0.1, -0.05) is 19.3 Å². The Hall–Kier alpha value is -2.13. The number of aromatic nitrogens is 1. The van der Waals surface area contributed by atoms with Crippen molar-refractivity contribution in [2.45, 2.75) is 49.5 Å². The maximum Gasteiger partial charge on any atom is 0.419 e. The van der Waals surface area contributed by atoms with Crippen LogP contribution in [0, 0.1) is 0 Å². The van der Waals surface area contributed by atoms with Crippen molar-refractivity contribution in [2.75, 3.05) is 31.9 Å². The molecule has 30 heavy (non-hydrogen) atoms. The predicted molar refractivity (Wildman–Crippen MR) is 113 cm³/mol. The number of nitrogens with zero attached hydrogens (tertiary/aromatic N) is 3. The standard InChI is InChI=1S/C21H29N3O5S/c1-22-18-8-7-17(15-19(18)29-21(22)26)30(27,28)14-9-20(25)24-12-10-23(11-13-24)16-5-3-2-4-6-16/h7-8,15-16H,2-6,9-14H2,1H3. The van der Waals surface area contributed by atoms with E-state index >= 15 is 0 Å². The van der Waals surface area contributed by atoms with Crippen molar-refractivity contribution in [3.8, 4) is 0 Å². The first-order chi connectivity index (χ1) is 14.3. The summed E-state index contributed by atoms with van der Waals surface area (Å²) >= 11 is 0. The van der Waals surface area contributed by atoms with E-state index in [9.17, 15) is 18.0 Å². The maximum absolute atomic E-state index is 12.7. The third kappa shape index (κ3) is 4.32. The van der Waals surface area contributed by atoms with Gasteiger partial charge < -0.3 is 9.32 Å². The molecule has 2 fully saturated rings. The molecule has 2 aliphatic rings. The Kier molecular flexibility index (Phi) is 6.02. The van der Waals surface area contributed by atoms with Crippen LogP contribution in [0.1, 0.15) is 38.5 Å². The molecule has 2 heterocycles. The van der Waals surface area contributed by atoms with E-state index < -0.39 is 15.6 Å². The fraction of sp³-hybridized carbons (Fsp3) is 0.619. The summed E-state index contributed by atoms with van der Waals surface area (Å²) in [6.07, 6.45) is 6.37. The van der Waals surface area contributed by atoms with E-state index in [2.05, 4.69) is 4.90 Å². The van der Waals surface area contributed by atoms with Gasteiger partial charge >= 0.3 is 5.76 Å². The van der Waals surface area contributed by atoms with Gasteiger partial charge in [-0.05, 0) is 25.0 Å². The van der Waals surface area contributed by atoms with Gasteiger partial charge in [-0.2, -0.15) is 0 Å². The molecule has 1 saturated heterocycles. The lowest BCUT2D eigenvalue weighted by Gasteiger charge is -2.40. The predicted octanol–water partition coefficient (Wildman–Crippen LogP) is 1.77. The number of hydrogen-bond donors (Lipinski definition) is 0. The lowest BCUT2D eigenvalue weighted by Crippen LogP contribution is -2.52. The molecule has 164 valence electrons. The largest absolute Gasteiger partial charge is 0.419 e. The SMILES string of the molecule is Cn1c(=O)oc2cc(S(=O)(=O)CCC(=O)N3CCN(C4CCCCC4)CC3)ccc21. The van der Waals surface area contributed by atoms with Crippen molar-refractivity contribution in [3.63, 3.8) is 0 Å². The van der Waals surface area contributed by atoms with Crippen molar-refractivity contribution in [3.05, 3.63) is 28.7 Å². The molecule has 1 saturated carbocycles. The highest BCUT2D eigenvalue weighted by Gasteiger charge is 2.28.